The predicted molar refractivity (Wildman–Crippen MR) is 51.4 cm³/mol. The molecule has 0 aliphatic carbocycles. The molecule has 0 aromatic carbocycles. The van der Waals surface area contributed by atoms with E-state index in [9.17, 15) is 0 Å². The molecule has 0 spiro atoms. The molecule has 68 valence electrons. The van der Waals surface area contributed by atoms with Crippen molar-refractivity contribution >= 4 is 46.8 Å². The first kappa shape index (κ1) is 10.5. The summed E-state index contributed by atoms with van der Waals surface area (Å²) in [6, 6.07) is 3.54. The van der Waals surface area contributed by atoms with Gasteiger partial charge in [-0.25, -0.2) is 0 Å². The molecule has 1 aromatic heterocycles. The van der Waals surface area contributed by atoms with Crippen LogP contribution in [-0.2, 0) is 10.8 Å². The second kappa shape index (κ2) is 4.63. The molecule has 6 heteroatoms. The van der Waals surface area contributed by atoms with Gasteiger partial charge in [-0.15, -0.1) is 0 Å². The molecule has 0 saturated heterocycles. The molecule has 1 rings (SSSR count). The fourth-order valence-corrected chi connectivity index (χ4v) is 1.26. The first-order valence-electron chi connectivity index (χ1n) is 2.98. The van der Waals surface area contributed by atoms with Crippen LogP contribution in [0, 0.1) is 0 Å². The van der Waals surface area contributed by atoms with Gasteiger partial charge in [0.05, 0.1) is 6.26 Å². The zero-order valence-corrected chi connectivity index (χ0v) is 8.88. The number of alkyl halides is 3. The maximum Gasteiger partial charge on any atom is 0.262 e. The molecular weight excluding hydrogens is 242 g/mol. The lowest BCUT2D eigenvalue weighted by Crippen LogP contribution is -1.95. The second-order valence-corrected chi connectivity index (χ2v) is 5.84. The van der Waals surface area contributed by atoms with E-state index in [0.717, 1.165) is 12.0 Å². The summed E-state index contributed by atoms with van der Waals surface area (Å²) in [7, 11) is 0. The van der Waals surface area contributed by atoms with E-state index in [2.05, 4.69) is 0 Å². The van der Waals surface area contributed by atoms with Crippen LogP contribution >= 0.6 is 46.8 Å². The smallest absolute Gasteiger partial charge is 0.262 e. The van der Waals surface area contributed by atoms with E-state index in [1.165, 1.54) is 0 Å². The van der Waals surface area contributed by atoms with Gasteiger partial charge in [0.25, 0.3) is 3.12 Å². The molecule has 2 nitrogen and oxygen atoms in total. The first-order valence-corrected chi connectivity index (χ1v) is 4.85. The molecule has 0 saturated carbocycles. The minimum absolute atomic E-state index is 0.283. The highest BCUT2D eigenvalue weighted by Crippen LogP contribution is 2.39. The average molecular weight is 248 g/mol. The molecule has 12 heavy (non-hydrogen) atoms. The monoisotopic (exact) mass is 246 g/mol. The SMILES string of the molecule is ClC(Cl)(Cl)SOCc1ccco1. The van der Waals surface area contributed by atoms with Crippen LogP contribution in [-0.4, -0.2) is 3.12 Å². The lowest BCUT2D eigenvalue weighted by atomic mass is 10.5. The van der Waals surface area contributed by atoms with E-state index in [4.69, 9.17) is 43.4 Å². The standard InChI is InChI=1S/C6H5Cl3O2S/c7-6(8,9)12-11-4-5-2-1-3-10-5/h1-3H,4H2. The molecule has 0 radical (unpaired) electrons. The van der Waals surface area contributed by atoms with Gasteiger partial charge in [0.2, 0.25) is 0 Å². The van der Waals surface area contributed by atoms with E-state index in [1.54, 1.807) is 18.4 Å². The molecule has 0 bridgehead atoms. The van der Waals surface area contributed by atoms with Gasteiger partial charge < -0.3 is 8.60 Å². The van der Waals surface area contributed by atoms with Crippen molar-refractivity contribution in [3.05, 3.63) is 24.2 Å². The van der Waals surface area contributed by atoms with Crippen LogP contribution in [0.25, 0.3) is 0 Å². The largest absolute Gasteiger partial charge is 0.467 e. The number of hydrogen-bond acceptors (Lipinski definition) is 3. The van der Waals surface area contributed by atoms with E-state index in [0.29, 0.717) is 5.76 Å². The van der Waals surface area contributed by atoms with E-state index in [-0.39, 0.29) is 6.61 Å². The Morgan fingerprint density at radius 2 is 2.25 bits per heavy atom. The summed E-state index contributed by atoms with van der Waals surface area (Å²) in [4.78, 5) is 0. The first-order chi connectivity index (χ1) is 5.58. The van der Waals surface area contributed by atoms with Gasteiger partial charge >= 0.3 is 0 Å². The third kappa shape index (κ3) is 4.48. The van der Waals surface area contributed by atoms with Gasteiger partial charge in [0.15, 0.2) is 0 Å². The predicted octanol–water partition coefficient (Wildman–Crippen LogP) is 3.77. The molecule has 0 fully saturated rings. The highest BCUT2D eigenvalue weighted by atomic mass is 35.6. The Morgan fingerprint density at radius 1 is 1.50 bits per heavy atom. The topological polar surface area (TPSA) is 22.4 Å². The van der Waals surface area contributed by atoms with Crippen molar-refractivity contribution in [2.75, 3.05) is 0 Å². The summed E-state index contributed by atoms with van der Waals surface area (Å²) in [6.45, 7) is 0.283. The van der Waals surface area contributed by atoms with Crippen molar-refractivity contribution in [1.29, 1.82) is 0 Å². The zero-order chi connectivity index (χ0) is 9.03. The quantitative estimate of drug-likeness (QED) is 0.600. The van der Waals surface area contributed by atoms with Crippen molar-refractivity contribution < 1.29 is 8.60 Å². The summed E-state index contributed by atoms with van der Waals surface area (Å²) in [5, 5.41) is 0. The maximum atomic E-state index is 5.41. The van der Waals surface area contributed by atoms with Crippen molar-refractivity contribution in [2.45, 2.75) is 9.73 Å². The number of furan rings is 1. The molecule has 0 aliphatic rings. The average Bonchev–Trinajstić information content (AvgIpc) is 2.36. The fraction of sp³-hybridized carbons (Fsp3) is 0.333. The molecule has 1 aromatic rings. The van der Waals surface area contributed by atoms with Gasteiger partial charge in [-0.05, 0) is 12.1 Å². The van der Waals surface area contributed by atoms with Crippen LogP contribution in [0.1, 0.15) is 5.76 Å². The van der Waals surface area contributed by atoms with Crippen LogP contribution in [0.2, 0.25) is 0 Å². The summed E-state index contributed by atoms with van der Waals surface area (Å²) >= 11 is 17.0. The fourth-order valence-electron chi connectivity index (χ4n) is 0.549. The van der Waals surface area contributed by atoms with Crippen LogP contribution in [0.3, 0.4) is 0 Å². The highest BCUT2D eigenvalue weighted by Gasteiger charge is 2.21. The van der Waals surface area contributed by atoms with Crippen LogP contribution < -0.4 is 0 Å². The van der Waals surface area contributed by atoms with Gasteiger partial charge in [-0.1, -0.05) is 34.8 Å². The molecule has 0 N–H and O–H groups in total. The lowest BCUT2D eigenvalue weighted by molar-refractivity contribution is 0.314. The number of halogens is 3. The maximum absolute atomic E-state index is 5.41. The minimum Gasteiger partial charge on any atom is -0.467 e. The van der Waals surface area contributed by atoms with Gasteiger partial charge in [-0.3, -0.25) is 0 Å². The summed E-state index contributed by atoms with van der Waals surface area (Å²) in [5.74, 6) is 0.691. The molecule has 0 aliphatic heterocycles. The van der Waals surface area contributed by atoms with Gasteiger partial charge in [0, 0.05) is 12.0 Å². The Bertz CT molecular complexity index is 219. The Kier molecular flexibility index (Phi) is 4.06. The molecule has 0 unspecified atom stereocenters. The van der Waals surface area contributed by atoms with Crippen molar-refractivity contribution in [3.63, 3.8) is 0 Å². The highest BCUT2D eigenvalue weighted by molar-refractivity contribution is 8.00. The molecular formula is C6H5Cl3O2S. The van der Waals surface area contributed by atoms with E-state index in [1.807, 2.05) is 0 Å². The molecule has 0 atom stereocenters. The second-order valence-electron chi connectivity index (χ2n) is 1.87. The summed E-state index contributed by atoms with van der Waals surface area (Å²) in [6.07, 6.45) is 1.55. The van der Waals surface area contributed by atoms with E-state index < -0.39 is 3.12 Å². The van der Waals surface area contributed by atoms with Crippen LogP contribution in [0.15, 0.2) is 22.8 Å². The third-order valence-electron chi connectivity index (χ3n) is 0.935. The van der Waals surface area contributed by atoms with Crippen molar-refractivity contribution in [1.82, 2.24) is 0 Å². The number of rotatable bonds is 3. The van der Waals surface area contributed by atoms with Gasteiger partial charge in [-0.2, -0.15) is 0 Å². The van der Waals surface area contributed by atoms with Crippen molar-refractivity contribution in [3.8, 4) is 0 Å². The Balaban J connectivity index is 2.20. The molecule has 1 heterocycles. The minimum atomic E-state index is -1.44. The van der Waals surface area contributed by atoms with E-state index >= 15 is 0 Å². The summed E-state index contributed by atoms with van der Waals surface area (Å²) < 4.78 is 8.51. The third-order valence-corrected chi connectivity index (χ3v) is 1.93. The normalized spacial score (nSPS) is 11.9. The van der Waals surface area contributed by atoms with Crippen LogP contribution in [0.5, 0.6) is 0 Å². The van der Waals surface area contributed by atoms with Gasteiger partial charge in [0.1, 0.15) is 12.4 Å². The molecule has 0 amide bonds. The lowest BCUT2D eigenvalue weighted by Gasteiger charge is -2.07. The van der Waals surface area contributed by atoms with Crippen molar-refractivity contribution in [2.24, 2.45) is 0 Å². The number of hydrogen-bond donors (Lipinski definition) is 0. The Morgan fingerprint density at radius 3 is 2.75 bits per heavy atom. The zero-order valence-electron chi connectivity index (χ0n) is 5.80. The Labute approximate surface area is 89.3 Å². The van der Waals surface area contributed by atoms with Crippen LogP contribution in [0.4, 0.5) is 0 Å². The Hall–Kier alpha value is 0.460. The summed E-state index contributed by atoms with van der Waals surface area (Å²) in [5.41, 5.74) is 0.